The van der Waals surface area contributed by atoms with Gasteiger partial charge < -0.3 is 24.2 Å². The summed E-state index contributed by atoms with van der Waals surface area (Å²) in [5.41, 5.74) is -0.951. The monoisotopic (exact) mass is 445 g/mol. The third-order valence-corrected chi connectivity index (χ3v) is 5.61. The van der Waals surface area contributed by atoms with Crippen LogP contribution in [-0.4, -0.2) is 67.1 Å². The van der Waals surface area contributed by atoms with Crippen LogP contribution in [0.1, 0.15) is 23.7 Å². The summed E-state index contributed by atoms with van der Waals surface area (Å²) in [6.45, 7) is 3.15. The quantitative estimate of drug-likeness (QED) is 0.706. The van der Waals surface area contributed by atoms with Gasteiger partial charge in [0.05, 0.1) is 24.6 Å². The molecule has 0 spiro atoms. The number of ether oxygens (including phenoxy) is 1. The predicted molar refractivity (Wildman–Crippen MR) is 114 cm³/mol. The maximum absolute atomic E-state index is 15.2. The second-order valence-corrected chi connectivity index (χ2v) is 7.16. The lowest BCUT2D eigenvalue weighted by Crippen LogP contribution is -2.34. The summed E-state index contributed by atoms with van der Waals surface area (Å²) in [5, 5.41) is 9.16. The van der Waals surface area contributed by atoms with Crippen molar-refractivity contribution >= 4 is 35.0 Å². The van der Waals surface area contributed by atoms with Gasteiger partial charge in [-0.3, -0.25) is 4.79 Å². The van der Waals surface area contributed by atoms with Gasteiger partial charge in [0.15, 0.2) is 11.6 Å². The topological polar surface area (TPSA) is 75.0 Å². The van der Waals surface area contributed by atoms with E-state index in [1.807, 2.05) is 11.9 Å². The molecule has 7 nitrogen and oxygen atoms in total. The number of aryl methyl sites for hydroxylation is 1. The van der Waals surface area contributed by atoms with Crippen molar-refractivity contribution in [3.8, 4) is 5.75 Å². The number of carbonyl (C=O) groups is 1. The summed E-state index contributed by atoms with van der Waals surface area (Å²) in [4.78, 5) is 28.1. The number of rotatable bonds is 7. The molecule has 1 aliphatic rings. The van der Waals surface area contributed by atoms with Crippen LogP contribution < -0.4 is 15.1 Å². The van der Waals surface area contributed by atoms with E-state index in [9.17, 15) is 19.1 Å². The fourth-order valence-electron chi connectivity index (χ4n) is 3.96. The molecule has 1 aromatic carbocycles. The van der Waals surface area contributed by atoms with Crippen LogP contribution in [-0.2, 0) is 6.54 Å². The summed E-state index contributed by atoms with van der Waals surface area (Å²) in [7, 11) is 3.37. The molecule has 0 aliphatic carbocycles. The Hall–Kier alpha value is -2.39. The number of hydrogen-bond donors (Lipinski definition) is 1. The number of carboxylic acids is 1. The van der Waals surface area contributed by atoms with Crippen LogP contribution in [0.5, 0.6) is 5.75 Å². The zero-order valence-electron chi connectivity index (χ0n) is 17.2. The molecule has 30 heavy (non-hydrogen) atoms. The Bertz CT molecular complexity index is 998. The number of carboxylic acid groups (broad SMARTS) is 1. The third kappa shape index (κ3) is 4.09. The summed E-state index contributed by atoms with van der Waals surface area (Å²) in [6, 6.07) is 1.29. The van der Waals surface area contributed by atoms with E-state index in [0.717, 1.165) is 25.2 Å². The molecule has 10 heteroatoms. The summed E-state index contributed by atoms with van der Waals surface area (Å²) < 4.78 is 35.1. The maximum atomic E-state index is 15.2. The Balaban J connectivity index is 0.00000320. The lowest BCUT2D eigenvalue weighted by atomic mass is 10.1. The summed E-state index contributed by atoms with van der Waals surface area (Å²) >= 11 is 0. The van der Waals surface area contributed by atoms with Crippen LogP contribution in [0.15, 0.2) is 17.1 Å². The standard InChI is InChI=1S/C20H25F2N3O4.ClH/c1-4-23(2)12-5-7-24(10-12)17-15(22)9-13-16(19(17)29-3)25(8-6-21)11-14(18(13)26)20(27)28;/h9,11-12H,4-8,10H2,1-3H3,(H,27,28);1H. The van der Waals surface area contributed by atoms with E-state index in [-0.39, 0.29) is 47.3 Å². The fourth-order valence-corrected chi connectivity index (χ4v) is 3.96. The molecule has 0 amide bonds. The van der Waals surface area contributed by atoms with Gasteiger partial charge in [-0.1, -0.05) is 6.92 Å². The van der Waals surface area contributed by atoms with Gasteiger partial charge >= 0.3 is 5.97 Å². The third-order valence-electron chi connectivity index (χ3n) is 5.61. The van der Waals surface area contributed by atoms with Crippen molar-refractivity contribution in [1.82, 2.24) is 9.47 Å². The second-order valence-electron chi connectivity index (χ2n) is 7.16. The van der Waals surface area contributed by atoms with Crippen LogP contribution in [0.25, 0.3) is 10.9 Å². The second kappa shape index (κ2) is 9.61. The molecule has 1 unspecified atom stereocenters. The van der Waals surface area contributed by atoms with E-state index in [0.29, 0.717) is 13.1 Å². The van der Waals surface area contributed by atoms with Crippen LogP contribution in [0, 0.1) is 5.82 Å². The van der Waals surface area contributed by atoms with E-state index >= 15 is 4.39 Å². The highest BCUT2D eigenvalue weighted by Gasteiger charge is 2.31. The Morgan fingerprint density at radius 2 is 2.13 bits per heavy atom. The zero-order chi connectivity index (χ0) is 21.3. The normalized spacial score (nSPS) is 16.2. The van der Waals surface area contributed by atoms with Crippen molar-refractivity contribution in [1.29, 1.82) is 0 Å². The molecule has 2 aromatic rings. The predicted octanol–water partition coefficient (Wildman–Crippen LogP) is 2.77. The van der Waals surface area contributed by atoms with E-state index in [4.69, 9.17) is 4.74 Å². The number of pyridine rings is 1. The Morgan fingerprint density at radius 3 is 2.70 bits per heavy atom. The number of alkyl halides is 1. The molecule has 166 valence electrons. The number of fused-ring (bicyclic) bond motifs is 1. The van der Waals surface area contributed by atoms with Crippen molar-refractivity contribution < 1.29 is 23.4 Å². The highest BCUT2D eigenvalue weighted by molar-refractivity contribution is 5.97. The molecule has 1 fully saturated rings. The molecule has 1 atom stereocenters. The van der Waals surface area contributed by atoms with E-state index < -0.39 is 29.5 Å². The molecule has 0 saturated carbocycles. The van der Waals surface area contributed by atoms with Gasteiger partial charge in [0.2, 0.25) is 5.43 Å². The largest absolute Gasteiger partial charge is 0.492 e. The van der Waals surface area contributed by atoms with Gasteiger partial charge in [-0.05, 0) is 26.1 Å². The molecule has 0 bridgehead atoms. The van der Waals surface area contributed by atoms with Crippen molar-refractivity contribution in [3.05, 3.63) is 33.9 Å². The minimum Gasteiger partial charge on any atom is -0.492 e. The van der Waals surface area contributed by atoms with Gasteiger partial charge in [-0.15, -0.1) is 12.4 Å². The Kier molecular flexibility index (Phi) is 7.65. The number of hydrogen-bond acceptors (Lipinski definition) is 5. The van der Waals surface area contributed by atoms with Crippen molar-refractivity contribution in [2.75, 3.05) is 45.4 Å². The highest BCUT2D eigenvalue weighted by atomic mass is 35.5. The number of benzene rings is 1. The van der Waals surface area contributed by atoms with E-state index in [1.165, 1.54) is 11.7 Å². The van der Waals surface area contributed by atoms with Gasteiger partial charge in [-0.2, -0.15) is 0 Å². The average molecular weight is 446 g/mol. The molecule has 0 radical (unpaired) electrons. The lowest BCUT2D eigenvalue weighted by Gasteiger charge is -2.26. The Labute approximate surface area is 179 Å². The van der Waals surface area contributed by atoms with Crippen LogP contribution >= 0.6 is 12.4 Å². The van der Waals surface area contributed by atoms with Crippen molar-refractivity contribution in [3.63, 3.8) is 0 Å². The van der Waals surface area contributed by atoms with Crippen molar-refractivity contribution in [2.24, 2.45) is 0 Å². The lowest BCUT2D eigenvalue weighted by molar-refractivity contribution is 0.0694. The maximum Gasteiger partial charge on any atom is 0.341 e. The molecule has 1 aliphatic heterocycles. The Morgan fingerprint density at radius 1 is 1.43 bits per heavy atom. The van der Waals surface area contributed by atoms with Crippen LogP contribution in [0.3, 0.4) is 0 Å². The summed E-state index contributed by atoms with van der Waals surface area (Å²) in [5.74, 6) is -2.00. The molecule has 1 saturated heterocycles. The first-order valence-electron chi connectivity index (χ1n) is 9.52. The SMILES string of the molecule is CCN(C)C1CCN(c2c(F)cc3c(=O)c(C(=O)O)cn(CCF)c3c2OC)C1.Cl. The number of methoxy groups -OCH3 is 1. The van der Waals surface area contributed by atoms with E-state index in [1.54, 1.807) is 0 Å². The van der Waals surface area contributed by atoms with Crippen molar-refractivity contribution in [2.45, 2.75) is 25.9 Å². The number of nitrogens with zero attached hydrogens (tertiary/aromatic N) is 3. The molecule has 3 rings (SSSR count). The van der Waals surface area contributed by atoms with E-state index in [2.05, 4.69) is 11.8 Å². The molecule has 2 heterocycles. The molecule has 1 aromatic heterocycles. The average Bonchev–Trinajstić information content (AvgIpc) is 3.18. The van der Waals surface area contributed by atoms with Gasteiger partial charge in [0.1, 0.15) is 17.9 Å². The van der Waals surface area contributed by atoms with Gasteiger partial charge in [0, 0.05) is 25.3 Å². The number of aromatic nitrogens is 1. The number of aromatic carboxylic acids is 1. The highest BCUT2D eigenvalue weighted by Crippen LogP contribution is 2.39. The number of anilines is 1. The molecule has 1 N–H and O–H groups in total. The first kappa shape index (κ1) is 23.9. The minimum atomic E-state index is -1.45. The summed E-state index contributed by atoms with van der Waals surface area (Å²) in [6.07, 6.45) is 1.94. The molecular weight excluding hydrogens is 420 g/mol. The minimum absolute atomic E-state index is 0. The number of halogens is 3. The smallest absolute Gasteiger partial charge is 0.341 e. The zero-order valence-corrected chi connectivity index (χ0v) is 18.0. The van der Waals surface area contributed by atoms with Gasteiger partial charge in [-0.25, -0.2) is 13.6 Å². The van der Waals surface area contributed by atoms with Crippen LogP contribution in [0.2, 0.25) is 0 Å². The van der Waals surface area contributed by atoms with Crippen LogP contribution in [0.4, 0.5) is 14.5 Å². The first-order chi connectivity index (χ1) is 13.8. The number of likely N-dealkylation sites (N-methyl/N-ethyl adjacent to an activating group) is 1. The molecular formula is C20H26ClF2N3O4. The first-order valence-corrected chi connectivity index (χ1v) is 9.52. The van der Waals surface area contributed by atoms with Gasteiger partial charge in [0.25, 0.3) is 0 Å². The fraction of sp³-hybridized carbons (Fsp3) is 0.500.